The molecule has 2 rings (SSSR count). The van der Waals surface area contributed by atoms with E-state index in [-0.39, 0.29) is 5.91 Å². The standard InChI is InChI=1S/C13H19N3OS/c1-14-12-8-9(6-7-15-12)13(17)16-10-4-3-5-11(10)18-2/h6-8,10-11H,3-5H2,1-2H3,(H,14,15)(H,16,17). The van der Waals surface area contributed by atoms with E-state index in [2.05, 4.69) is 21.9 Å². The molecule has 1 aromatic rings. The van der Waals surface area contributed by atoms with Crippen molar-refractivity contribution >= 4 is 23.5 Å². The minimum atomic E-state index is -0.000139. The molecule has 1 aliphatic carbocycles. The number of rotatable bonds is 4. The molecule has 1 fully saturated rings. The van der Waals surface area contributed by atoms with Gasteiger partial charge in [-0.1, -0.05) is 6.42 Å². The summed E-state index contributed by atoms with van der Waals surface area (Å²) >= 11 is 1.85. The highest BCUT2D eigenvalue weighted by atomic mass is 32.2. The van der Waals surface area contributed by atoms with Crippen LogP contribution >= 0.6 is 11.8 Å². The third-order valence-electron chi connectivity index (χ3n) is 3.35. The number of nitrogens with zero attached hydrogens (tertiary/aromatic N) is 1. The van der Waals surface area contributed by atoms with E-state index < -0.39 is 0 Å². The number of aromatic nitrogens is 1. The van der Waals surface area contributed by atoms with Crippen molar-refractivity contribution < 1.29 is 4.79 Å². The fourth-order valence-electron chi connectivity index (χ4n) is 2.33. The van der Waals surface area contributed by atoms with E-state index in [9.17, 15) is 4.79 Å². The minimum Gasteiger partial charge on any atom is -0.373 e. The number of carbonyl (C=O) groups excluding carboxylic acids is 1. The Labute approximate surface area is 112 Å². The highest BCUT2D eigenvalue weighted by Crippen LogP contribution is 2.28. The molecule has 0 aromatic carbocycles. The summed E-state index contributed by atoms with van der Waals surface area (Å²) in [6.07, 6.45) is 7.25. The van der Waals surface area contributed by atoms with Gasteiger partial charge in [-0.05, 0) is 31.2 Å². The van der Waals surface area contributed by atoms with Crippen LogP contribution in [0.2, 0.25) is 0 Å². The highest BCUT2D eigenvalue weighted by molar-refractivity contribution is 7.99. The number of hydrogen-bond donors (Lipinski definition) is 2. The number of nitrogens with one attached hydrogen (secondary N) is 2. The number of carbonyl (C=O) groups is 1. The second-order valence-electron chi connectivity index (χ2n) is 4.46. The van der Waals surface area contributed by atoms with Crippen LogP contribution in [0.5, 0.6) is 0 Å². The number of hydrogen-bond acceptors (Lipinski definition) is 4. The van der Waals surface area contributed by atoms with Crippen LogP contribution in [0.3, 0.4) is 0 Å². The molecule has 2 atom stereocenters. The van der Waals surface area contributed by atoms with Crippen molar-refractivity contribution in [1.82, 2.24) is 10.3 Å². The topological polar surface area (TPSA) is 54.0 Å². The Balaban J connectivity index is 2.02. The zero-order valence-electron chi connectivity index (χ0n) is 10.8. The van der Waals surface area contributed by atoms with Crippen molar-refractivity contribution in [2.75, 3.05) is 18.6 Å². The van der Waals surface area contributed by atoms with E-state index >= 15 is 0 Å². The van der Waals surface area contributed by atoms with Crippen LogP contribution < -0.4 is 10.6 Å². The van der Waals surface area contributed by atoms with Crippen molar-refractivity contribution in [1.29, 1.82) is 0 Å². The average molecular weight is 265 g/mol. The number of anilines is 1. The summed E-state index contributed by atoms with van der Waals surface area (Å²) in [7, 11) is 1.80. The quantitative estimate of drug-likeness (QED) is 0.876. The highest BCUT2D eigenvalue weighted by Gasteiger charge is 2.27. The molecule has 0 saturated heterocycles. The van der Waals surface area contributed by atoms with Crippen molar-refractivity contribution in [3.63, 3.8) is 0 Å². The lowest BCUT2D eigenvalue weighted by atomic mass is 10.2. The summed E-state index contributed by atoms with van der Waals surface area (Å²) in [4.78, 5) is 16.3. The molecule has 1 amide bonds. The summed E-state index contributed by atoms with van der Waals surface area (Å²) in [5, 5.41) is 6.63. The van der Waals surface area contributed by atoms with Crippen LogP contribution in [0.25, 0.3) is 0 Å². The lowest BCUT2D eigenvalue weighted by Crippen LogP contribution is -2.38. The minimum absolute atomic E-state index is 0.000139. The first-order chi connectivity index (χ1) is 8.74. The molecule has 1 aromatic heterocycles. The Hall–Kier alpha value is -1.23. The van der Waals surface area contributed by atoms with Gasteiger partial charge in [-0.2, -0.15) is 11.8 Å². The Morgan fingerprint density at radius 1 is 1.50 bits per heavy atom. The van der Waals surface area contributed by atoms with E-state index in [0.29, 0.717) is 16.9 Å². The SMILES string of the molecule is CNc1cc(C(=O)NC2CCCC2SC)ccn1. The number of pyridine rings is 1. The molecule has 1 saturated carbocycles. The summed E-state index contributed by atoms with van der Waals surface area (Å²) < 4.78 is 0. The van der Waals surface area contributed by atoms with E-state index in [4.69, 9.17) is 0 Å². The lowest BCUT2D eigenvalue weighted by Gasteiger charge is -2.19. The maximum atomic E-state index is 12.2. The molecule has 2 N–H and O–H groups in total. The molecule has 0 aliphatic heterocycles. The van der Waals surface area contributed by atoms with Crippen molar-refractivity contribution in [2.45, 2.75) is 30.6 Å². The second-order valence-corrected chi connectivity index (χ2v) is 5.54. The molecule has 5 heteroatoms. The Morgan fingerprint density at radius 2 is 2.33 bits per heavy atom. The first-order valence-corrected chi connectivity index (χ1v) is 7.51. The lowest BCUT2D eigenvalue weighted by molar-refractivity contribution is 0.0938. The molecular formula is C13H19N3OS. The van der Waals surface area contributed by atoms with Gasteiger partial charge < -0.3 is 10.6 Å². The van der Waals surface area contributed by atoms with Gasteiger partial charge in [0, 0.05) is 30.1 Å². The van der Waals surface area contributed by atoms with Gasteiger partial charge in [-0.3, -0.25) is 4.79 Å². The fourth-order valence-corrected chi connectivity index (χ4v) is 3.27. The van der Waals surface area contributed by atoms with Gasteiger partial charge in [-0.15, -0.1) is 0 Å². The first kappa shape index (κ1) is 13.2. The summed E-state index contributed by atoms with van der Waals surface area (Å²) in [6, 6.07) is 3.83. The third kappa shape index (κ3) is 2.96. The third-order valence-corrected chi connectivity index (χ3v) is 4.52. The smallest absolute Gasteiger partial charge is 0.251 e. The van der Waals surface area contributed by atoms with Crippen molar-refractivity contribution in [2.24, 2.45) is 0 Å². The molecule has 0 spiro atoms. The van der Waals surface area contributed by atoms with Crippen molar-refractivity contribution in [3.8, 4) is 0 Å². The second kappa shape index (κ2) is 6.09. The molecule has 1 heterocycles. The maximum Gasteiger partial charge on any atom is 0.251 e. The van der Waals surface area contributed by atoms with E-state index in [1.807, 2.05) is 11.8 Å². The largest absolute Gasteiger partial charge is 0.373 e. The van der Waals surface area contributed by atoms with Gasteiger partial charge in [0.15, 0.2) is 0 Å². The van der Waals surface area contributed by atoms with Gasteiger partial charge in [0.25, 0.3) is 5.91 Å². The molecule has 0 bridgehead atoms. The molecular weight excluding hydrogens is 246 g/mol. The van der Waals surface area contributed by atoms with Gasteiger partial charge in [0.1, 0.15) is 5.82 Å². The van der Waals surface area contributed by atoms with Crippen LogP contribution in [-0.2, 0) is 0 Å². The summed E-state index contributed by atoms with van der Waals surface area (Å²) in [5.74, 6) is 0.718. The predicted molar refractivity (Wildman–Crippen MR) is 76.2 cm³/mol. The van der Waals surface area contributed by atoms with Gasteiger partial charge >= 0.3 is 0 Å². The van der Waals surface area contributed by atoms with Gasteiger partial charge in [0.05, 0.1) is 0 Å². The molecule has 0 radical (unpaired) electrons. The Bertz CT molecular complexity index is 424. The zero-order chi connectivity index (χ0) is 13.0. The van der Waals surface area contributed by atoms with E-state index in [1.54, 1.807) is 25.4 Å². The Kier molecular flexibility index (Phi) is 4.47. The van der Waals surface area contributed by atoms with Crippen LogP contribution in [0.15, 0.2) is 18.3 Å². The van der Waals surface area contributed by atoms with Crippen LogP contribution in [0.1, 0.15) is 29.6 Å². The van der Waals surface area contributed by atoms with Crippen LogP contribution in [0, 0.1) is 0 Å². The van der Waals surface area contributed by atoms with E-state index in [1.165, 1.54) is 12.8 Å². The average Bonchev–Trinajstić information content (AvgIpc) is 2.86. The molecule has 2 unspecified atom stereocenters. The number of thioether (sulfide) groups is 1. The van der Waals surface area contributed by atoms with Crippen LogP contribution in [-0.4, -0.2) is 35.5 Å². The molecule has 1 aliphatic rings. The fraction of sp³-hybridized carbons (Fsp3) is 0.538. The van der Waals surface area contributed by atoms with Gasteiger partial charge in [0.2, 0.25) is 0 Å². The molecule has 4 nitrogen and oxygen atoms in total. The maximum absolute atomic E-state index is 12.2. The first-order valence-electron chi connectivity index (χ1n) is 6.22. The van der Waals surface area contributed by atoms with Crippen molar-refractivity contribution in [3.05, 3.63) is 23.9 Å². The monoisotopic (exact) mass is 265 g/mol. The number of amides is 1. The molecule has 18 heavy (non-hydrogen) atoms. The Morgan fingerprint density at radius 3 is 3.06 bits per heavy atom. The zero-order valence-corrected chi connectivity index (χ0v) is 11.6. The molecule has 98 valence electrons. The summed E-state index contributed by atoms with van der Waals surface area (Å²) in [6.45, 7) is 0. The van der Waals surface area contributed by atoms with E-state index in [0.717, 1.165) is 12.2 Å². The van der Waals surface area contributed by atoms with Gasteiger partial charge in [-0.25, -0.2) is 4.98 Å². The predicted octanol–water partition coefficient (Wildman–Crippen LogP) is 2.14. The normalized spacial score (nSPS) is 22.8. The van der Waals surface area contributed by atoms with Crippen LogP contribution in [0.4, 0.5) is 5.82 Å². The summed E-state index contributed by atoms with van der Waals surface area (Å²) in [5.41, 5.74) is 0.668.